The quantitative estimate of drug-likeness (QED) is 0.185. The molecule has 238 valence electrons. The van der Waals surface area contributed by atoms with Gasteiger partial charge in [0, 0.05) is 38.0 Å². The van der Waals surface area contributed by atoms with Crippen LogP contribution in [0.15, 0.2) is 186 Å². The van der Waals surface area contributed by atoms with Crippen LogP contribution < -0.4 is 0 Å². The number of nitrogens with zero attached hydrogens (tertiary/aromatic N) is 2. The van der Waals surface area contributed by atoms with E-state index in [0.29, 0.717) is 22.4 Å². The standard InChI is InChI=1S/C48H30N2O/c1-3-13-31(14-4-1)35-19-11-22-44-47(35)40-30-33(26-28-43(40)49(44)34-15-5-2-6-16-34)32-25-27-42-39(29-32)36-17-7-9-21-41(36)50(42)45-23-12-20-38-37-18-8-10-24-46(37)51-48(38)45/h1-30H/i7D,9D,17D,21D,25D,27D,29D. The smallest absolute Gasteiger partial charge is 0.159 e. The van der Waals surface area contributed by atoms with Crippen LogP contribution >= 0.6 is 0 Å². The number of hydrogen-bond donors (Lipinski definition) is 0. The fraction of sp³-hybridized carbons (Fsp3) is 0. The van der Waals surface area contributed by atoms with Crippen molar-refractivity contribution in [2.24, 2.45) is 0 Å². The molecule has 51 heavy (non-hydrogen) atoms. The van der Waals surface area contributed by atoms with Crippen molar-refractivity contribution in [3.05, 3.63) is 182 Å². The highest BCUT2D eigenvalue weighted by Gasteiger charge is 2.20. The van der Waals surface area contributed by atoms with Crippen LogP contribution in [0.3, 0.4) is 0 Å². The predicted octanol–water partition coefficient (Wildman–Crippen LogP) is 13.1. The molecule has 8 aromatic carbocycles. The van der Waals surface area contributed by atoms with Gasteiger partial charge in [0.15, 0.2) is 5.58 Å². The molecule has 0 fully saturated rings. The molecular formula is C48H30N2O. The average Bonchev–Trinajstić information content (AvgIpc) is 3.93. The highest BCUT2D eigenvalue weighted by molar-refractivity contribution is 6.17. The Bertz CT molecular complexity index is 3530. The SMILES string of the molecule is [2H]c1c([2H])c([2H])c2c(c1[2H])c1c([2H])c(-c3ccc4c(c3)c3c(-c5ccccc5)cccc3n4-c3ccccc3)c([2H])c([2H])c1n2-c1cccc2c1oc1ccccc12. The van der Waals surface area contributed by atoms with Crippen LogP contribution in [0.4, 0.5) is 0 Å². The third-order valence-corrected chi connectivity index (χ3v) is 9.96. The van der Waals surface area contributed by atoms with Gasteiger partial charge >= 0.3 is 0 Å². The number of fused-ring (bicyclic) bond motifs is 9. The minimum absolute atomic E-state index is 0.101. The van der Waals surface area contributed by atoms with Crippen molar-refractivity contribution in [2.45, 2.75) is 0 Å². The summed E-state index contributed by atoms with van der Waals surface area (Å²) in [4.78, 5) is 0. The first-order chi connectivity index (χ1) is 28.2. The topological polar surface area (TPSA) is 23.0 Å². The van der Waals surface area contributed by atoms with Gasteiger partial charge in [0.2, 0.25) is 0 Å². The third kappa shape index (κ3) is 4.12. The average molecular weight is 658 g/mol. The summed E-state index contributed by atoms with van der Waals surface area (Å²) in [5.41, 5.74) is 7.54. The van der Waals surface area contributed by atoms with Crippen LogP contribution in [-0.4, -0.2) is 9.13 Å². The van der Waals surface area contributed by atoms with Crippen LogP contribution in [0.25, 0.3) is 99.2 Å². The largest absolute Gasteiger partial charge is 0.454 e. The Kier molecular flexibility index (Phi) is 4.67. The highest BCUT2D eigenvalue weighted by atomic mass is 16.3. The van der Waals surface area contributed by atoms with Crippen molar-refractivity contribution >= 4 is 65.6 Å². The first kappa shape index (κ1) is 22.0. The zero-order chi connectivity index (χ0) is 39.6. The highest BCUT2D eigenvalue weighted by Crippen LogP contribution is 2.42. The van der Waals surface area contributed by atoms with Gasteiger partial charge in [-0.15, -0.1) is 0 Å². The molecule has 11 aromatic rings. The first-order valence-corrected chi connectivity index (χ1v) is 16.9. The number of rotatable bonds is 4. The normalized spacial score (nSPS) is 13.8. The first-order valence-electron chi connectivity index (χ1n) is 20.4. The molecular weight excluding hydrogens is 621 g/mol. The second-order valence-electron chi connectivity index (χ2n) is 12.8. The summed E-state index contributed by atoms with van der Waals surface area (Å²) in [6, 6.07) is 43.6. The van der Waals surface area contributed by atoms with Crippen molar-refractivity contribution in [3.63, 3.8) is 0 Å². The predicted molar refractivity (Wildman–Crippen MR) is 213 cm³/mol. The molecule has 11 rings (SSSR count). The van der Waals surface area contributed by atoms with Crippen molar-refractivity contribution in [1.29, 1.82) is 0 Å². The van der Waals surface area contributed by atoms with E-state index in [4.69, 9.17) is 7.16 Å². The van der Waals surface area contributed by atoms with E-state index in [1.165, 1.54) is 0 Å². The Hall–Kier alpha value is -6.84. The second kappa shape index (κ2) is 10.8. The van der Waals surface area contributed by atoms with Gasteiger partial charge in [0.1, 0.15) is 5.58 Å². The van der Waals surface area contributed by atoms with Gasteiger partial charge in [-0.25, -0.2) is 0 Å². The summed E-state index contributed by atoms with van der Waals surface area (Å²) in [7, 11) is 0. The summed E-state index contributed by atoms with van der Waals surface area (Å²) in [6.07, 6.45) is 0. The molecule has 0 saturated heterocycles. The lowest BCUT2D eigenvalue weighted by molar-refractivity contribution is 0.666. The lowest BCUT2D eigenvalue weighted by Crippen LogP contribution is -1.94. The van der Waals surface area contributed by atoms with Crippen molar-refractivity contribution in [2.75, 3.05) is 0 Å². The molecule has 3 heteroatoms. The summed E-state index contributed by atoms with van der Waals surface area (Å²) in [5, 5.41) is 3.86. The fourth-order valence-corrected chi connectivity index (χ4v) is 7.75. The Morgan fingerprint density at radius 3 is 2.12 bits per heavy atom. The Balaban J connectivity index is 1.26. The third-order valence-electron chi connectivity index (χ3n) is 9.96. The van der Waals surface area contributed by atoms with E-state index in [0.717, 1.165) is 49.4 Å². The number of aromatic nitrogens is 2. The second-order valence-corrected chi connectivity index (χ2v) is 12.8. The van der Waals surface area contributed by atoms with Crippen molar-refractivity contribution < 1.29 is 14.0 Å². The van der Waals surface area contributed by atoms with Gasteiger partial charge in [-0.1, -0.05) is 121 Å². The van der Waals surface area contributed by atoms with Crippen LogP contribution in [0.5, 0.6) is 0 Å². The fourth-order valence-electron chi connectivity index (χ4n) is 7.75. The number of hydrogen-bond acceptors (Lipinski definition) is 1. The molecule has 3 heterocycles. The molecule has 0 saturated carbocycles. The van der Waals surface area contributed by atoms with Gasteiger partial charge in [0.05, 0.1) is 37.3 Å². The van der Waals surface area contributed by atoms with Crippen LogP contribution in [0.1, 0.15) is 9.60 Å². The molecule has 0 aliphatic heterocycles. The van der Waals surface area contributed by atoms with E-state index >= 15 is 0 Å². The van der Waals surface area contributed by atoms with Crippen molar-refractivity contribution in [1.82, 2.24) is 9.13 Å². The Morgan fingerprint density at radius 1 is 0.451 bits per heavy atom. The van der Waals surface area contributed by atoms with E-state index in [2.05, 4.69) is 47.0 Å². The van der Waals surface area contributed by atoms with E-state index < -0.39 is 12.1 Å². The van der Waals surface area contributed by atoms with Crippen LogP contribution in [-0.2, 0) is 0 Å². The molecule has 0 aliphatic carbocycles. The zero-order valence-electron chi connectivity index (χ0n) is 34.1. The van der Waals surface area contributed by atoms with E-state index in [1.807, 2.05) is 91.0 Å². The molecule has 0 bridgehead atoms. The molecule has 0 N–H and O–H groups in total. The maximum Gasteiger partial charge on any atom is 0.159 e. The number of furan rings is 1. The van der Waals surface area contributed by atoms with Gasteiger partial charge in [-0.3, -0.25) is 0 Å². The monoisotopic (exact) mass is 657 g/mol. The minimum Gasteiger partial charge on any atom is -0.454 e. The van der Waals surface area contributed by atoms with Gasteiger partial charge in [-0.2, -0.15) is 0 Å². The molecule has 0 radical (unpaired) electrons. The summed E-state index contributed by atoms with van der Waals surface area (Å²) >= 11 is 0. The lowest BCUT2D eigenvalue weighted by Gasteiger charge is -2.10. The molecule has 0 unspecified atom stereocenters. The molecule has 0 atom stereocenters. The van der Waals surface area contributed by atoms with E-state index in [-0.39, 0.29) is 57.6 Å². The molecule has 3 nitrogen and oxygen atoms in total. The zero-order valence-corrected chi connectivity index (χ0v) is 27.1. The Morgan fingerprint density at radius 2 is 1.22 bits per heavy atom. The summed E-state index contributed by atoms with van der Waals surface area (Å²) < 4.78 is 75.2. The minimum atomic E-state index is -0.440. The number of benzene rings is 8. The Labute approximate surface area is 303 Å². The van der Waals surface area contributed by atoms with Gasteiger partial charge < -0.3 is 13.6 Å². The maximum absolute atomic E-state index is 9.90. The summed E-state index contributed by atoms with van der Waals surface area (Å²) in [5.74, 6) is 0. The van der Waals surface area contributed by atoms with Gasteiger partial charge in [-0.05, 0) is 82.8 Å². The van der Waals surface area contributed by atoms with Crippen LogP contribution in [0.2, 0.25) is 0 Å². The number of para-hydroxylation sites is 4. The molecule has 0 amide bonds. The van der Waals surface area contributed by atoms with Crippen LogP contribution in [0, 0.1) is 0 Å². The molecule has 3 aromatic heterocycles. The maximum atomic E-state index is 9.90. The van der Waals surface area contributed by atoms with Gasteiger partial charge in [0.25, 0.3) is 0 Å². The lowest BCUT2D eigenvalue weighted by atomic mass is 9.97. The molecule has 0 spiro atoms. The summed E-state index contributed by atoms with van der Waals surface area (Å²) in [6.45, 7) is 0. The van der Waals surface area contributed by atoms with E-state index in [1.54, 1.807) is 10.6 Å². The van der Waals surface area contributed by atoms with Crippen molar-refractivity contribution in [3.8, 4) is 33.6 Å². The van der Waals surface area contributed by atoms with E-state index in [9.17, 15) is 6.85 Å². The molecule has 0 aliphatic rings.